The second kappa shape index (κ2) is 10.3. The summed E-state index contributed by atoms with van der Waals surface area (Å²) in [5.41, 5.74) is 8.28. The van der Waals surface area contributed by atoms with Crippen molar-refractivity contribution in [2.75, 3.05) is 42.5 Å². The van der Waals surface area contributed by atoms with Crippen molar-refractivity contribution in [1.82, 2.24) is 15.3 Å². The number of hydrogen-bond acceptors (Lipinski definition) is 9. The van der Waals surface area contributed by atoms with Gasteiger partial charge in [-0.05, 0) is 37.6 Å². The molecule has 3 N–H and O–H groups in total. The first kappa shape index (κ1) is 23.3. The van der Waals surface area contributed by atoms with E-state index in [0.29, 0.717) is 11.9 Å². The molecule has 2 aliphatic rings. The average Bonchev–Trinajstić information content (AvgIpc) is 3.30. The molecule has 1 aromatic heterocycles. The molecular weight excluding hydrogens is 412 g/mol. The van der Waals surface area contributed by atoms with Gasteiger partial charge in [-0.1, -0.05) is 39.5 Å². The molecule has 4 rings (SSSR count). The minimum Gasteiger partial charge on any atom is -0.454 e. The topological polar surface area (TPSA) is 88.8 Å². The Balaban J connectivity index is 0.00000132. The summed E-state index contributed by atoms with van der Waals surface area (Å²) in [7, 11) is 2.05. The van der Waals surface area contributed by atoms with Gasteiger partial charge >= 0.3 is 0 Å². The van der Waals surface area contributed by atoms with E-state index in [2.05, 4.69) is 51.9 Å². The highest BCUT2D eigenvalue weighted by molar-refractivity contribution is 8.00. The number of ether oxygens (including phenoxy) is 2. The van der Waals surface area contributed by atoms with E-state index in [4.69, 9.17) is 15.2 Å². The molecule has 0 aliphatic carbocycles. The van der Waals surface area contributed by atoms with E-state index < -0.39 is 0 Å². The van der Waals surface area contributed by atoms with Crippen LogP contribution in [0.15, 0.2) is 23.4 Å². The number of thioether (sulfide) groups is 1. The molecule has 3 heterocycles. The maximum absolute atomic E-state index is 6.20. The summed E-state index contributed by atoms with van der Waals surface area (Å²) >= 11 is 1.76. The van der Waals surface area contributed by atoms with Crippen molar-refractivity contribution in [2.45, 2.75) is 57.5 Å². The minimum absolute atomic E-state index is 0.0297. The van der Waals surface area contributed by atoms with Gasteiger partial charge in [-0.3, -0.25) is 0 Å². The number of aryl methyl sites for hydroxylation is 1. The Kier molecular flexibility index (Phi) is 7.72. The fraction of sp³-hybridized carbons (Fsp3) is 0.545. The molecule has 31 heavy (non-hydrogen) atoms. The molecule has 0 saturated carbocycles. The Morgan fingerprint density at radius 3 is 2.65 bits per heavy atom. The van der Waals surface area contributed by atoms with Gasteiger partial charge in [-0.25, -0.2) is 9.97 Å². The number of nitrogens with zero attached hydrogens (tertiary/aromatic N) is 4. The van der Waals surface area contributed by atoms with Crippen molar-refractivity contribution < 1.29 is 9.47 Å². The molecule has 8 nitrogen and oxygen atoms in total. The molecule has 1 atom stereocenters. The van der Waals surface area contributed by atoms with Crippen molar-refractivity contribution >= 4 is 29.1 Å². The Bertz CT molecular complexity index is 895. The van der Waals surface area contributed by atoms with Crippen LogP contribution >= 0.6 is 11.8 Å². The highest BCUT2D eigenvalue weighted by atomic mass is 32.2. The Morgan fingerprint density at radius 2 is 1.94 bits per heavy atom. The number of hydrogen-bond donors (Lipinski definition) is 2. The number of nitrogens with two attached hydrogens (primary N) is 1. The third-order valence-corrected chi connectivity index (χ3v) is 6.56. The van der Waals surface area contributed by atoms with Gasteiger partial charge < -0.3 is 30.3 Å². The van der Waals surface area contributed by atoms with Gasteiger partial charge in [-0.2, -0.15) is 0 Å². The van der Waals surface area contributed by atoms with Crippen LogP contribution in [0.25, 0.3) is 0 Å². The summed E-state index contributed by atoms with van der Waals surface area (Å²) in [6.45, 7) is 12.5. The standard InChI is InChI=1S/C20H28N6O2S.C2H6/c1-12(2)22-6-5-7-26-19-17(18(21)23-10-24-19)25(4)20(26)29-16-9-15-14(8-13(16)3)27-11-28-15;1-2/h8-10,12,20,22H,5-7,11H2,1-4H3,(H2,21,23,24);1-2H3. The smallest absolute Gasteiger partial charge is 0.231 e. The molecule has 1 unspecified atom stereocenters. The van der Waals surface area contributed by atoms with Crippen molar-refractivity contribution in [3.05, 3.63) is 24.0 Å². The lowest BCUT2D eigenvalue weighted by Gasteiger charge is -2.30. The zero-order chi connectivity index (χ0) is 22.5. The number of nitrogen functional groups attached to an aromatic ring is 1. The first-order valence-electron chi connectivity index (χ1n) is 10.9. The predicted octanol–water partition coefficient (Wildman–Crippen LogP) is 3.84. The summed E-state index contributed by atoms with van der Waals surface area (Å²) in [6, 6.07) is 4.58. The number of rotatable bonds is 7. The summed E-state index contributed by atoms with van der Waals surface area (Å²) in [5.74, 6) is 3.00. The Labute approximate surface area is 189 Å². The lowest BCUT2D eigenvalue weighted by Crippen LogP contribution is -2.40. The van der Waals surface area contributed by atoms with Crippen molar-refractivity contribution in [1.29, 1.82) is 0 Å². The molecular formula is C22H34N6O2S. The monoisotopic (exact) mass is 446 g/mol. The molecule has 0 saturated heterocycles. The summed E-state index contributed by atoms with van der Waals surface area (Å²) in [6.07, 6.45) is 2.55. The molecule has 9 heteroatoms. The molecule has 0 radical (unpaired) electrons. The zero-order valence-electron chi connectivity index (χ0n) is 19.3. The average molecular weight is 447 g/mol. The maximum atomic E-state index is 6.20. The van der Waals surface area contributed by atoms with Crippen LogP contribution in [0.2, 0.25) is 0 Å². The fourth-order valence-corrected chi connectivity index (χ4v) is 4.86. The van der Waals surface area contributed by atoms with Crippen LogP contribution in [-0.4, -0.2) is 48.4 Å². The van der Waals surface area contributed by atoms with E-state index in [-0.39, 0.29) is 12.3 Å². The normalized spacial score (nSPS) is 16.4. The quantitative estimate of drug-likeness (QED) is 0.616. The van der Waals surface area contributed by atoms with Crippen molar-refractivity contribution in [2.24, 2.45) is 0 Å². The van der Waals surface area contributed by atoms with Crippen molar-refractivity contribution in [3.8, 4) is 11.5 Å². The van der Waals surface area contributed by atoms with Crippen LogP contribution in [0, 0.1) is 6.92 Å². The first-order valence-corrected chi connectivity index (χ1v) is 11.7. The van der Waals surface area contributed by atoms with E-state index in [1.54, 1.807) is 18.1 Å². The van der Waals surface area contributed by atoms with Gasteiger partial charge in [0.25, 0.3) is 0 Å². The van der Waals surface area contributed by atoms with E-state index in [1.807, 2.05) is 27.0 Å². The summed E-state index contributed by atoms with van der Waals surface area (Å²) in [5, 5.41) is 3.48. The fourth-order valence-electron chi connectivity index (χ4n) is 3.62. The van der Waals surface area contributed by atoms with Crippen molar-refractivity contribution in [3.63, 3.8) is 0 Å². The predicted molar refractivity (Wildman–Crippen MR) is 128 cm³/mol. The van der Waals surface area contributed by atoms with Crippen LogP contribution < -0.4 is 30.3 Å². The van der Waals surface area contributed by atoms with Crippen LogP contribution in [0.3, 0.4) is 0 Å². The van der Waals surface area contributed by atoms with Gasteiger partial charge in [0.15, 0.2) is 28.6 Å². The molecule has 0 bridgehead atoms. The molecule has 0 fully saturated rings. The number of anilines is 3. The van der Waals surface area contributed by atoms with E-state index in [9.17, 15) is 0 Å². The largest absolute Gasteiger partial charge is 0.454 e. The Hall–Kier alpha value is -2.39. The highest BCUT2D eigenvalue weighted by Gasteiger charge is 2.37. The first-order chi connectivity index (χ1) is 15.0. The lowest BCUT2D eigenvalue weighted by atomic mass is 10.2. The second-order valence-corrected chi connectivity index (χ2v) is 8.71. The number of fused-ring (bicyclic) bond motifs is 2. The van der Waals surface area contributed by atoms with Gasteiger partial charge in [0.1, 0.15) is 12.0 Å². The van der Waals surface area contributed by atoms with Crippen LogP contribution in [0.5, 0.6) is 11.5 Å². The number of aromatic nitrogens is 2. The summed E-state index contributed by atoms with van der Waals surface area (Å²) < 4.78 is 11.1. The number of nitrogens with one attached hydrogen (secondary N) is 1. The Morgan fingerprint density at radius 1 is 1.23 bits per heavy atom. The second-order valence-electron chi connectivity index (χ2n) is 7.61. The third kappa shape index (κ3) is 4.93. The maximum Gasteiger partial charge on any atom is 0.231 e. The van der Waals surface area contributed by atoms with E-state index in [1.165, 1.54) is 0 Å². The van der Waals surface area contributed by atoms with E-state index in [0.717, 1.165) is 53.0 Å². The SMILES string of the molecule is CC.Cc1cc2c(cc1SC1N(C)c3c(N)ncnc3N1CCCNC(C)C)OCO2. The van der Waals surface area contributed by atoms with Crippen LogP contribution in [-0.2, 0) is 0 Å². The van der Waals surface area contributed by atoms with Gasteiger partial charge in [0.05, 0.1) is 0 Å². The molecule has 170 valence electrons. The van der Waals surface area contributed by atoms with Gasteiger partial charge in [-0.15, -0.1) is 0 Å². The minimum atomic E-state index is 0.0297. The van der Waals surface area contributed by atoms with E-state index >= 15 is 0 Å². The highest BCUT2D eigenvalue weighted by Crippen LogP contribution is 2.47. The number of benzene rings is 1. The van der Waals surface area contributed by atoms with Crippen LogP contribution in [0.1, 0.15) is 39.7 Å². The molecule has 2 aromatic rings. The molecule has 0 spiro atoms. The molecule has 1 aromatic carbocycles. The van der Waals surface area contributed by atoms with Crippen LogP contribution in [0.4, 0.5) is 17.3 Å². The van der Waals surface area contributed by atoms with Gasteiger partial charge in [0.2, 0.25) is 6.79 Å². The van der Waals surface area contributed by atoms with Gasteiger partial charge in [0, 0.05) is 24.5 Å². The zero-order valence-corrected chi connectivity index (χ0v) is 20.1. The molecule has 2 aliphatic heterocycles. The molecule has 0 amide bonds. The summed E-state index contributed by atoms with van der Waals surface area (Å²) in [4.78, 5) is 14.4. The third-order valence-electron chi connectivity index (χ3n) is 5.08. The lowest BCUT2D eigenvalue weighted by molar-refractivity contribution is 0.174.